The molecule has 12 nitrogen and oxygen atoms in total. The van der Waals surface area contributed by atoms with Gasteiger partial charge in [0.15, 0.2) is 28.8 Å². The van der Waals surface area contributed by atoms with Crippen LogP contribution in [0.4, 0.5) is 4.39 Å². The van der Waals surface area contributed by atoms with Gasteiger partial charge in [0.2, 0.25) is 12.5 Å². The molecule has 3 heterocycles. The number of benzene rings is 4. The highest BCUT2D eigenvalue weighted by atomic mass is 19.1. The molecule has 1 aromatic heterocycles. The smallest absolute Gasteiger partial charge is 0.310 e. The van der Waals surface area contributed by atoms with E-state index >= 15 is 0 Å². The van der Waals surface area contributed by atoms with Gasteiger partial charge in [0.05, 0.1) is 39.0 Å². The highest BCUT2D eigenvalue weighted by Gasteiger charge is 2.53. The largest absolute Gasteiger partial charge is 0.502 e. The average molecular weight is 706 g/mol. The molecule has 0 unspecified atom stereocenters. The SMILES string of the molecule is COc1cc([C@@H]2c3cc4c(cc3[C@@H](n3cc(COc5ccc(C(=O)/C=C/c6cccc(F)c6)cc5)nn3)[C@H]3COC(=O)[C@H]23)OCO4)cc(OC)c1O. The number of fused-ring (bicyclic) bond motifs is 3. The second-order valence-corrected chi connectivity index (χ2v) is 12.6. The molecule has 1 fully saturated rings. The lowest BCUT2D eigenvalue weighted by atomic mass is 9.65. The fourth-order valence-corrected chi connectivity index (χ4v) is 7.23. The van der Waals surface area contributed by atoms with E-state index in [-0.39, 0.29) is 60.7 Å². The Bertz CT molecular complexity index is 2190. The number of hydrogen-bond acceptors (Lipinski definition) is 11. The standard InChI is InChI=1S/C39H32FN3O9/c1-47-33-13-23(14-34(48-2)38(33)45)35-27-15-31-32(52-20-51-31)16-28(27)37(29-19-50-39(46)36(29)35)43-17-25(41-42-43)18-49-26-9-7-22(8-10-26)30(44)11-6-21-4-3-5-24(40)12-21/h3-17,29,35-37,45H,18-20H2,1-2H3/b11-6+/t29-,35+,36-,37+/m0/s1. The zero-order valence-corrected chi connectivity index (χ0v) is 28.0. The summed E-state index contributed by atoms with van der Waals surface area (Å²) >= 11 is 0. The van der Waals surface area contributed by atoms with E-state index in [1.807, 2.05) is 12.1 Å². The van der Waals surface area contributed by atoms with Gasteiger partial charge < -0.3 is 33.5 Å². The number of carbonyl (C=O) groups is 2. The fraction of sp³-hybridized carbons (Fsp3) is 0.231. The van der Waals surface area contributed by atoms with E-state index in [1.165, 1.54) is 32.4 Å². The Morgan fingerprint density at radius 2 is 1.71 bits per heavy atom. The van der Waals surface area contributed by atoms with E-state index in [4.69, 9.17) is 28.4 Å². The summed E-state index contributed by atoms with van der Waals surface area (Å²) in [5, 5.41) is 19.5. The van der Waals surface area contributed by atoms with Gasteiger partial charge in [-0.2, -0.15) is 0 Å². The molecule has 8 rings (SSSR count). The number of hydrogen-bond donors (Lipinski definition) is 1. The van der Waals surface area contributed by atoms with Gasteiger partial charge in [0.1, 0.15) is 23.9 Å². The summed E-state index contributed by atoms with van der Waals surface area (Å²) in [5.41, 5.74) is 3.93. The van der Waals surface area contributed by atoms with Crippen molar-refractivity contribution >= 4 is 17.8 Å². The Hall–Kier alpha value is -6.37. The van der Waals surface area contributed by atoms with Crippen molar-refractivity contribution in [2.45, 2.75) is 18.6 Å². The molecule has 0 saturated carbocycles. The Labute approximate surface area is 296 Å². The van der Waals surface area contributed by atoms with Gasteiger partial charge in [0, 0.05) is 17.4 Å². The zero-order chi connectivity index (χ0) is 35.9. The number of cyclic esters (lactones) is 1. The Balaban J connectivity index is 1.06. The first-order valence-corrected chi connectivity index (χ1v) is 16.5. The van der Waals surface area contributed by atoms with Crippen molar-refractivity contribution in [2.24, 2.45) is 11.8 Å². The van der Waals surface area contributed by atoms with Crippen molar-refractivity contribution in [3.63, 3.8) is 0 Å². The van der Waals surface area contributed by atoms with E-state index in [1.54, 1.807) is 65.5 Å². The summed E-state index contributed by atoms with van der Waals surface area (Å²) in [6.07, 6.45) is 4.74. The van der Waals surface area contributed by atoms with Gasteiger partial charge in [-0.15, -0.1) is 5.10 Å². The molecule has 3 aliphatic rings. The Morgan fingerprint density at radius 1 is 0.981 bits per heavy atom. The minimum Gasteiger partial charge on any atom is -0.502 e. The predicted molar refractivity (Wildman–Crippen MR) is 182 cm³/mol. The zero-order valence-electron chi connectivity index (χ0n) is 28.0. The number of ether oxygens (including phenoxy) is 6. The molecule has 13 heteroatoms. The maximum absolute atomic E-state index is 13.5. The monoisotopic (exact) mass is 705 g/mol. The van der Waals surface area contributed by atoms with Crippen molar-refractivity contribution in [3.05, 3.63) is 124 Å². The molecular weight excluding hydrogens is 673 g/mol. The summed E-state index contributed by atoms with van der Waals surface area (Å²) in [5.74, 6) is -0.500. The van der Waals surface area contributed by atoms with Crippen LogP contribution in [0.1, 0.15) is 50.3 Å². The van der Waals surface area contributed by atoms with Crippen molar-refractivity contribution < 1.29 is 47.5 Å². The first-order valence-electron chi connectivity index (χ1n) is 16.5. The third kappa shape index (κ3) is 5.93. The lowest BCUT2D eigenvalue weighted by Crippen LogP contribution is -2.37. The summed E-state index contributed by atoms with van der Waals surface area (Å²) in [6, 6.07) is 19.4. The van der Waals surface area contributed by atoms with Crippen LogP contribution in [0.15, 0.2) is 85.1 Å². The van der Waals surface area contributed by atoms with Crippen molar-refractivity contribution in [2.75, 3.05) is 27.6 Å². The lowest BCUT2D eigenvalue weighted by Gasteiger charge is -2.39. The Morgan fingerprint density at radius 3 is 2.42 bits per heavy atom. The number of aromatic hydroxyl groups is 1. The van der Waals surface area contributed by atoms with E-state index in [0.29, 0.717) is 39.6 Å². The molecule has 52 heavy (non-hydrogen) atoms. The van der Waals surface area contributed by atoms with Gasteiger partial charge in [-0.05, 0) is 89.0 Å². The molecule has 0 spiro atoms. The lowest BCUT2D eigenvalue weighted by molar-refractivity contribution is -0.141. The number of ketones is 1. The second kappa shape index (κ2) is 13.4. The van der Waals surface area contributed by atoms with Gasteiger partial charge in [-0.3, -0.25) is 9.59 Å². The number of aromatic nitrogens is 3. The molecule has 1 N–H and O–H groups in total. The summed E-state index contributed by atoms with van der Waals surface area (Å²) in [6.45, 7) is 0.306. The molecule has 264 valence electrons. The first kappa shape index (κ1) is 32.8. The van der Waals surface area contributed by atoms with E-state index in [9.17, 15) is 19.1 Å². The van der Waals surface area contributed by atoms with Crippen LogP contribution in [0.25, 0.3) is 6.08 Å². The predicted octanol–water partition coefficient (Wildman–Crippen LogP) is 5.87. The van der Waals surface area contributed by atoms with Gasteiger partial charge in [-0.1, -0.05) is 23.4 Å². The molecule has 0 radical (unpaired) electrons. The third-order valence-corrected chi connectivity index (χ3v) is 9.65. The first-order chi connectivity index (χ1) is 25.3. The maximum Gasteiger partial charge on any atom is 0.310 e. The summed E-state index contributed by atoms with van der Waals surface area (Å²) in [4.78, 5) is 26.2. The fourth-order valence-electron chi connectivity index (χ4n) is 7.23. The van der Waals surface area contributed by atoms with Crippen LogP contribution < -0.4 is 23.7 Å². The molecule has 4 aromatic carbocycles. The molecule has 1 saturated heterocycles. The van der Waals surface area contributed by atoms with Crippen LogP contribution in [0.2, 0.25) is 0 Å². The minimum atomic E-state index is -0.620. The normalized spacial score (nSPS) is 19.9. The van der Waals surface area contributed by atoms with Crippen LogP contribution in [0.3, 0.4) is 0 Å². The van der Waals surface area contributed by atoms with Crippen LogP contribution in [-0.4, -0.2) is 59.5 Å². The number of rotatable bonds is 10. The molecule has 4 atom stereocenters. The highest BCUT2D eigenvalue weighted by molar-refractivity contribution is 6.06. The molecule has 2 aliphatic heterocycles. The molecule has 1 aliphatic carbocycles. The quantitative estimate of drug-likeness (QED) is 0.106. The number of halogens is 1. The van der Waals surface area contributed by atoms with E-state index in [0.717, 1.165) is 11.1 Å². The van der Waals surface area contributed by atoms with Crippen LogP contribution in [0, 0.1) is 17.7 Å². The van der Waals surface area contributed by atoms with Crippen LogP contribution >= 0.6 is 0 Å². The molecule has 0 bridgehead atoms. The van der Waals surface area contributed by atoms with Crippen molar-refractivity contribution in [1.29, 1.82) is 0 Å². The summed E-state index contributed by atoms with van der Waals surface area (Å²) < 4.78 is 49.3. The molecule has 5 aromatic rings. The second-order valence-electron chi connectivity index (χ2n) is 12.6. The number of carbonyl (C=O) groups excluding carboxylic acids is 2. The van der Waals surface area contributed by atoms with Crippen molar-refractivity contribution in [1.82, 2.24) is 15.0 Å². The van der Waals surface area contributed by atoms with Gasteiger partial charge in [0.25, 0.3) is 0 Å². The number of methoxy groups -OCH3 is 2. The Kier molecular flexibility index (Phi) is 8.45. The third-order valence-electron chi connectivity index (χ3n) is 9.65. The van der Waals surface area contributed by atoms with Crippen LogP contribution in [0.5, 0.6) is 34.5 Å². The number of phenolic OH excluding ortho intramolecular Hbond substituents is 1. The number of nitrogens with zero attached hydrogens (tertiary/aromatic N) is 3. The average Bonchev–Trinajstić information content (AvgIpc) is 3.92. The number of esters is 1. The van der Waals surface area contributed by atoms with Crippen LogP contribution in [-0.2, 0) is 16.1 Å². The summed E-state index contributed by atoms with van der Waals surface area (Å²) in [7, 11) is 2.90. The number of phenols is 1. The maximum atomic E-state index is 13.5. The van der Waals surface area contributed by atoms with Gasteiger partial charge >= 0.3 is 5.97 Å². The van der Waals surface area contributed by atoms with E-state index < -0.39 is 17.9 Å². The van der Waals surface area contributed by atoms with Gasteiger partial charge in [-0.25, -0.2) is 9.07 Å². The highest BCUT2D eigenvalue weighted by Crippen LogP contribution is 2.56. The molecular formula is C39H32FN3O9. The topological polar surface area (TPSA) is 140 Å². The minimum absolute atomic E-state index is 0.0644. The van der Waals surface area contributed by atoms with Crippen molar-refractivity contribution in [3.8, 4) is 34.5 Å². The number of allylic oxidation sites excluding steroid dienone is 1. The molecule has 0 amide bonds. The van der Waals surface area contributed by atoms with E-state index in [2.05, 4.69) is 10.3 Å².